The first-order valence-electron chi connectivity index (χ1n) is 6.17. The Morgan fingerprint density at radius 1 is 1.22 bits per heavy atom. The van der Waals surface area contributed by atoms with E-state index in [4.69, 9.17) is 9.47 Å². The number of hydrogen-bond donors (Lipinski definition) is 1. The van der Waals surface area contributed by atoms with Gasteiger partial charge in [-0.1, -0.05) is 56.3 Å². The summed E-state index contributed by atoms with van der Waals surface area (Å²) in [4.78, 5) is 0. The number of methoxy groups -OCH3 is 1. The van der Waals surface area contributed by atoms with Crippen LogP contribution in [-0.4, -0.2) is 31.2 Å². The SMILES string of the molecule is COCOC(C(C)C)C(O)/C=C/c1ccccc1. The highest BCUT2D eigenvalue weighted by Gasteiger charge is 2.21. The molecule has 3 nitrogen and oxygen atoms in total. The normalized spacial score (nSPS) is 15.2. The van der Waals surface area contributed by atoms with Crippen molar-refractivity contribution in [1.29, 1.82) is 0 Å². The highest BCUT2D eigenvalue weighted by Crippen LogP contribution is 2.14. The van der Waals surface area contributed by atoms with Crippen LogP contribution in [0.5, 0.6) is 0 Å². The second kappa shape index (κ2) is 8.03. The Hall–Kier alpha value is -1.16. The third-order valence-corrected chi connectivity index (χ3v) is 2.66. The standard InChI is InChI=1S/C15H22O3/c1-12(2)15(18-11-17-3)14(16)10-9-13-7-5-4-6-8-13/h4-10,12,14-16H,11H2,1-3H3/b10-9+. The molecule has 2 unspecified atom stereocenters. The summed E-state index contributed by atoms with van der Waals surface area (Å²) >= 11 is 0. The molecule has 100 valence electrons. The number of benzene rings is 1. The van der Waals surface area contributed by atoms with Gasteiger partial charge >= 0.3 is 0 Å². The molecule has 0 radical (unpaired) electrons. The Balaban J connectivity index is 2.60. The zero-order chi connectivity index (χ0) is 13.4. The Morgan fingerprint density at radius 2 is 1.89 bits per heavy atom. The molecule has 2 atom stereocenters. The summed E-state index contributed by atoms with van der Waals surface area (Å²) < 4.78 is 10.4. The van der Waals surface area contributed by atoms with Gasteiger partial charge in [-0.15, -0.1) is 0 Å². The Kier molecular flexibility index (Phi) is 6.65. The molecule has 0 fully saturated rings. The molecule has 0 aliphatic carbocycles. The monoisotopic (exact) mass is 250 g/mol. The van der Waals surface area contributed by atoms with Gasteiger partial charge in [-0.3, -0.25) is 0 Å². The Bertz CT molecular complexity index is 346. The van der Waals surface area contributed by atoms with E-state index >= 15 is 0 Å². The van der Waals surface area contributed by atoms with E-state index in [1.165, 1.54) is 0 Å². The molecule has 0 amide bonds. The van der Waals surface area contributed by atoms with Gasteiger partial charge in [0, 0.05) is 7.11 Å². The van der Waals surface area contributed by atoms with Crippen LogP contribution in [0.1, 0.15) is 19.4 Å². The van der Waals surface area contributed by atoms with Crippen LogP contribution < -0.4 is 0 Å². The molecule has 0 saturated carbocycles. The van der Waals surface area contributed by atoms with Crippen molar-refractivity contribution in [3.8, 4) is 0 Å². The highest BCUT2D eigenvalue weighted by molar-refractivity contribution is 5.49. The van der Waals surface area contributed by atoms with Gasteiger partial charge < -0.3 is 14.6 Å². The summed E-state index contributed by atoms with van der Waals surface area (Å²) in [7, 11) is 1.57. The van der Waals surface area contributed by atoms with Gasteiger partial charge in [0.05, 0.1) is 12.2 Å². The summed E-state index contributed by atoms with van der Waals surface area (Å²) in [5.41, 5.74) is 1.06. The average Bonchev–Trinajstić information content (AvgIpc) is 2.37. The molecular weight excluding hydrogens is 228 g/mol. The molecular formula is C15H22O3. The van der Waals surface area contributed by atoms with Crippen molar-refractivity contribution in [2.75, 3.05) is 13.9 Å². The van der Waals surface area contributed by atoms with Gasteiger partial charge in [-0.25, -0.2) is 0 Å². The second-order valence-corrected chi connectivity index (χ2v) is 4.54. The number of ether oxygens (including phenoxy) is 2. The van der Waals surface area contributed by atoms with Crippen molar-refractivity contribution in [2.24, 2.45) is 5.92 Å². The lowest BCUT2D eigenvalue weighted by Crippen LogP contribution is -2.33. The number of rotatable bonds is 7. The summed E-state index contributed by atoms with van der Waals surface area (Å²) in [5.74, 6) is 0.218. The minimum atomic E-state index is -0.639. The minimum absolute atomic E-state index is 0.194. The molecule has 18 heavy (non-hydrogen) atoms. The molecule has 0 spiro atoms. The van der Waals surface area contributed by atoms with Crippen LogP contribution in [0.3, 0.4) is 0 Å². The maximum atomic E-state index is 10.1. The lowest BCUT2D eigenvalue weighted by molar-refractivity contribution is -0.117. The smallest absolute Gasteiger partial charge is 0.146 e. The van der Waals surface area contributed by atoms with Crippen molar-refractivity contribution in [3.05, 3.63) is 42.0 Å². The lowest BCUT2D eigenvalue weighted by atomic mass is 10.0. The largest absolute Gasteiger partial charge is 0.386 e. The predicted octanol–water partition coefficient (Wildman–Crippen LogP) is 2.71. The van der Waals surface area contributed by atoms with E-state index in [0.29, 0.717) is 0 Å². The fourth-order valence-corrected chi connectivity index (χ4v) is 1.72. The van der Waals surface area contributed by atoms with Gasteiger partial charge in [0.2, 0.25) is 0 Å². The first-order chi connectivity index (χ1) is 8.65. The van der Waals surface area contributed by atoms with Crippen molar-refractivity contribution < 1.29 is 14.6 Å². The molecule has 1 rings (SSSR count). The van der Waals surface area contributed by atoms with Crippen molar-refractivity contribution in [3.63, 3.8) is 0 Å². The van der Waals surface area contributed by atoms with Crippen molar-refractivity contribution >= 4 is 6.08 Å². The molecule has 0 bridgehead atoms. The molecule has 1 N–H and O–H groups in total. The van der Waals surface area contributed by atoms with Crippen LogP contribution in [-0.2, 0) is 9.47 Å². The molecule has 3 heteroatoms. The average molecular weight is 250 g/mol. The van der Waals surface area contributed by atoms with Crippen LogP contribution in [0.15, 0.2) is 36.4 Å². The molecule has 0 aromatic heterocycles. The third kappa shape index (κ3) is 5.00. The van der Waals surface area contributed by atoms with Crippen LogP contribution in [0.4, 0.5) is 0 Å². The molecule has 0 heterocycles. The first-order valence-corrected chi connectivity index (χ1v) is 6.17. The fraction of sp³-hybridized carbons (Fsp3) is 0.467. The number of aliphatic hydroxyl groups is 1. The topological polar surface area (TPSA) is 38.7 Å². The van der Waals surface area contributed by atoms with Crippen molar-refractivity contribution in [2.45, 2.75) is 26.1 Å². The molecule has 1 aromatic carbocycles. The molecule has 1 aromatic rings. The lowest BCUT2D eigenvalue weighted by Gasteiger charge is -2.24. The van der Waals surface area contributed by atoms with E-state index in [-0.39, 0.29) is 18.8 Å². The molecule has 0 aliphatic heterocycles. The van der Waals surface area contributed by atoms with E-state index < -0.39 is 6.10 Å². The third-order valence-electron chi connectivity index (χ3n) is 2.66. The van der Waals surface area contributed by atoms with Crippen LogP contribution in [0.25, 0.3) is 6.08 Å². The van der Waals surface area contributed by atoms with Crippen LogP contribution >= 0.6 is 0 Å². The number of aliphatic hydroxyl groups excluding tert-OH is 1. The zero-order valence-corrected chi connectivity index (χ0v) is 11.2. The van der Waals surface area contributed by atoms with E-state index in [2.05, 4.69) is 0 Å². The van der Waals surface area contributed by atoms with Crippen LogP contribution in [0, 0.1) is 5.92 Å². The summed E-state index contributed by atoms with van der Waals surface area (Å²) in [6.07, 6.45) is 2.76. The predicted molar refractivity (Wildman–Crippen MR) is 73.1 cm³/mol. The summed E-state index contributed by atoms with van der Waals surface area (Å²) in [6.45, 7) is 4.22. The fourth-order valence-electron chi connectivity index (χ4n) is 1.72. The second-order valence-electron chi connectivity index (χ2n) is 4.54. The Labute approximate surface area is 109 Å². The molecule has 0 aliphatic rings. The zero-order valence-electron chi connectivity index (χ0n) is 11.2. The van der Waals surface area contributed by atoms with Gasteiger partial charge in [0.1, 0.15) is 6.79 Å². The summed E-state index contributed by atoms with van der Waals surface area (Å²) in [6, 6.07) is 9.88. The van der Waals surface area contributed by atoms with Gasteiger partial charge in [0.25, 0.3) is 0 Å². The Morgan fingerprint density at radius 3 is 2.44 bits per heavy atom. The van der Waals surface area contributed by atoms with Gasteiger partial charge in [0.15, 0.2) is 0 Å². The van der Waals surface area contributed by atoms with Gasteiger partial charge in [-0.2, -0.15) is 0 Å². The maximum absolute atomic E-state index is 10.1. The summed E-state index contributed by atoms with van der Waals surface area (Å²) in [5, 5.41) is 10.1. The van der Waals surface area contributed by atoms with Gasteiger partial charge in [-0.05, 0) is 11.5 Å². The van der Waals surface area contributed by atoms with E-state index in [9.17, 15) is 5.11 Å². The van der Waals surface area contributed by atoms with E-state index in [1.807, 2.05) is 50.3 Å². The first kappa shape index (κ1) is 14.9. The van der Waals surface area contributed by atoms with Crippen LogP contribution in [0.2, 0.25) is 0 Å². The minimum Gasteiger partial charge on any atom is -0.386 e. The van der Waals surface area contributed by atoms with Crippen molar-refractivity contribution in [1.82, 2.24) is 0 Å². The maximum Gasteiger partial charge on any atom is 0.146 e. The quantitative estimate of drug-likeness (QED) is 0.756. The van der Waals surface area contributed by atoms with E-state index in [0.717, 1.165) is 5.56 Å². The highest BCUT2D eigenvalue weighted by atomic mass is 16.7. The van der Waals surface area contributed by atoms with E-state index in [1.54, 1.807) is 13.2 Å². The number of hydrogen-bond acceptors (Lipinski definition) is 3. The molecule has 0 saturated heterocycles.